The molecule has 0 unspecified atom stereocenters. The Morgan fingerprint density at radius 3 is 3.13 bits per heavy atom. The van der Waals surface area contributed by atoms with E-state index in [0.717, 1.165) is 11.4 Å². The Labute approximate surface area is 91.3 Å². The molecular formula is C8H10ClN5O. The summed E-state index contributed by atoms with van der Waals surface area (Å²) in [4.78, 5) is 16.5. The Kier molecular flexibility index (Phi) is 2.36. The fourth-order valence-electron chi connectivity index (χ4n) is 1.47. The lowest BCUT2D eigenvalue weighted by atomic mass is 10.3. The normalized spacial score (nSPS) is 14.8. The molecule has 0 aliphatic carbocycles. The Hall–Kier alpha value is -1.56. The minimum atomic E-state index is -0.435. The molecule has 1 aromatic rings. The van der Waals surface area contributed by atoms with E-state index in [1.165, 1.54) is 0 Å². The van der Waals surface area contributed by atoms with E-state index in [-0.39, 0.29) is 11.8 Å². The number of aryl methyl sites for hydroxylation is 1. The van der Waals surface area contributed by atoms with Gasteiger partial charge in [-0.15, -0.1) is 0 Å². The van der Waals surface area contributed by atoms with Crippen molar-refractivity contribution in [2.24, 2.45) is 17.8 Å². The molecule has 15 heavy (non-hydrogen) atoms. The van der Waals surface area contributed by atoms with Crippen molar-refractivity contribution in [3.8, 4) is 0 Å². The molecule has 2 heterocycles. The third kappa shape index (κ3) is 1.80. The summed E-state index contributed by atoms with van der Waals surface area (Å²) >= 11 is 5.91. The smallest absolute Gasteiger partial charge is 0.237 e. The van der Waals surface area contributed by atoms with Crippen molar-refractivity contribution in [1.29, 1.82) is 0 Å². The van der Waals surface area contributed by atoms with E-state index in [9.17, 15) is 4.79 Å². The average molecular weight is 228 g/mol. The van der Waals surface area contributed by atoms with Gasteiger partial charge in [-0.1, -0.05) is 0 Å². The van der Waals surface area contributed by atoms with Crippen LogP contribution in [-0.4, -0.2) is 32.4 Å². The molecule has 0 saturated carbocycles. The van der Waals surface area contributed by atoms with Gasteiger partial charge in [0.05, 0.1) is 19.3 Å². The summed E-state index contributed by atoms with van der Waals surface area (Å²) in [6, 6.07) is 0. The fraction of sp³-hybridized carbons (Fsp3) is 0.375. The maximum Gasteiger partial charge on any atom is 0.237 e. The maximum absolute atomic E-state index is 10.8. The number of rotatable bonds is 2. The number of nitrogens with two attached hydrogens (primary N) is 1. The van der Waals surface area contributed by atoms with Gasteiger partial charge < -0.3 is 10.6 Å². The number of aromatic nitrogens is 2. The van der Waals surface area contributed by atoms with Gasteiger partial charge in [0.2, 0.25) is 11.2 Å². The van der Waals surface area contributed by atoms with Gasteiger partial charge in [-0.25, -0.2) is 4.99 Å². The molecule has 6 nitrogen and oxygen atoms in total. The van der Waals surface area contributed by atoms with E-state index >= 15 is 0 Å². The Morgan fingerprint density at radius 1 is 1.73 bits per heavy atom. The molecule has 0 aromatic carbocycles. The van der Waals surface area contributed by atoms with Crippen LogP contribution in [0, 0.1) is 0 Å². The Balaban J connectivity index is 2.29. The molecule has 0 fully saturated rings. The number of carbonyl (C=O) groups is 1. The van der Waals surface area contributed by atoms with Crippen molar-refractivity contribution >= 4 is 28.6 Å². The van der Waals surface area contributed by atoms with Gasteiger partial charge in [-0.3, -0.25) is 9.48 Å². The van der Waals surface area contributed by atoms with Crippen LogP contribution in [0.1, 0.15) is 5.56 Å². The zero-order valence-electron chi connectivity index (χ0n) is 8.14. The van der Waals surface area contributed by atoms with E-state index in [4.69, 9.17) is 17.3 Å². The van der Waals surface area contributed by atoms with Crippen molar-refractivity contribution in [1.82, 2.24) is 14.7 Å². The summed E-state index contributed by atoms with van der Waals surface area (Å²) in [5.41, 5.74) is 6.03. The van der Waals surface area contributed by atoms with Crippen molar-refractivity contribution < 1.29 is 4.79 Å². The topological polar surface area (TPSA) is 76.5 Å². The molecule has 7 heteroatoms. The van der Waals surface area contributed by atoms with Crippen LogP contribution in [0.4, 0.5) is 5.82 Å². The molecule has 0 radical (unpaired) electrons. The minimum Gasteiger partial charge on any atom is -0.368 e. The molecule has 0 saturated heterocycles. The van der Waals surface area contributed by atoms with Gasteiger partial charge >= 0.3 is 0 Å². The summed E-state index contributed by atoms with van der Waals surface area (Å²) in [7, 11) is 1.79. The van der Waals surface area contributed by atoms with Gasteiger partial charge in [0.1, 0.15) is 0 Å². The number of amides is 1. The predicted octanol–water partition coefficient (Wildman–Crippen LogP) is -0.0527. The molecule has 0 bridgehead atoms. The number of halogens is 1. The first-order valence-electron chi connectivity index (χ1n) is 4.36. The van der Waals surface area contributed by atoms with Crippen molar-refractivity contribution in [2.75, 3.05) is 6.54 Å². The van der Waals surface area contributed by atoms with Crippen molar-refractivity contribution in [3.63, 3.8) is 0 Å². The zero-order chi connectivity index (χ0) is 11.0. The summed E-state index contributed by atoms with van der Waals surface area (Å²) in [5, 5.41) is 4.32. The lowest BCUT2D eigenvalue weighted by Gasteiger charge is -2.24. The number of aliphatic imine (C=N–C) groups is 1. The highest BCUT2D eigenvalue weighted by atomic mass is 35.5. The highest BCUT2D eigenvalue weighted by molar-refractivity contribution is 6.65. The second-order valence-corrected chi connectivity index (χ2v) is 3.66. The monoisotopic (exact) mass is 227 g/mol. The highest BCUT2D eigenvalue weighted by Crippen LogP contribution is 2.25. The van der Waals surface area contributed by atoms with Crippen LogP contribution in [-0.2, 0) is 18.4 Å². The minimum absolute atomic E-state index is 0.0661. The van der Waals surface area contributed by atoms with E-state index < -0.39 is 5.91 Å². The van der Waals surface area contributed by atoms with Crippen LogP contribution in [0.3, 0.4) is 0 Å². The van der Waals surface area contributed by atoms with Crippen LogP contribution in [0.25, 0.3) is 0 Å². The molecular weight excluding hydrogens is 218 g/mol. The summed E-state index contributed by atoms with van der Waals surface area (Å²) in [6.45, 7) is 0.575. The van der Waals surface area contributed by atoms with Gasteiger partial charge in [0.15, 0.2) is 5.82 Å². The van der Waals surface area contributed by atoms with E-state index in [1.54, 1.807) is 22.8 Å². The standard InChI is InChI=1S/C8H10ClN5O/c1-13-7-5(2-11-13)3-14(4-6(10)15)8(9)12-7/h2H,3-4H2,1H3,(H2,10,15). The quantitative estimate of drug-likeness (QED) is 0.720. The van der Waals surface area contributed by atoms with E-state index in [1.807, 2.05) is 0 Å². The summed E-state index contributed by atoms with van der Waals surface area (Å²) in [5.74, 6) is 0.288. The van der Waals surface area contributed by atoms with Gasteiger partial charge in [-0.2, -0.15) is 5.10 Å². The van der Waals surface area contributed by atoms with Gasteiger partial charge in [0, 0.05) is 12.6 Å². The third-order valence-electron chi connectivity index (χ3n) is 2.15. The molecule has 1 aromatic heterocycles. The van der Waals surface area contributed by atoms with Crippen LogP contribution in [0.5, 0.6) is 0 Å². The molecule has 0 spiro atoms. The second kappa shape index (κ2) is 3.54. The SMILES string of the molecule is Cn1ncc2c1N=C(Cl)N(CC(N)=O)C2. The lowest BCUT2D eigenvalue weighted by Crippen LogP contribution is -2.37. The zero-order valence-corrected chi connectivity index (χ0v) is 8.90. The molecule has 2 rings (SSSR count). The molecule has 1 aliphatic rings. The Bertz CT molecular complexity index is 438. The van der Waals surface area contributed by atoms with E-state index in [0.29, 0.717) is 6.54 Å². The number of primary amides is 1. The predicted molar refractivity (Wildman–Crippen MR) is 55.8 cm³/mol. The summed E-state index contributed by atoms with van der Waals surface area (Å²) in [6.07, 6.45) is 1.70. The fourth-order valence-corrected chi connectivity index (χ4v) is 1.67. The maximum atomic E-state index is 10.8. The first kappa shape index (κ1) is 9.97. The first-order chi connectivity index (χ1) is 7.08. The third-order valence-corrected chi connectivity index (χ3v) is 2.47. The van der Waals surface area contributed by atoms with E-state index in [2.05, 4.69) is 10.1 Å². The van der Waals surface area contributed by atoms with Crippen molar-refractivity contribution in [3.05, 3.63) is 11.8 Å². The molecule has 80 valence electrons. The number of hydrogen-bond donors (Lipinski definition) is 1. The van der Waals surface area contributed by atoms with Crippen LogP contribution < -0.4 is 5.73 Å². The number of hydrogen-bond acceptors (Lipinski definition) is 4. The number of nitrogens with zero attached hydrogens (tertiary/aromatic N) is 4. The molecule has 0 atom stereocenters. The van der Waals surface area contributed by atoms with Gasteiger partial charge in [0.25, 0.3) is 0 Å². The van der Waals surface area contributed by atoms with Crippen LogP contribution in [0.2, 0.25) is 0 Å². The largest absolute Gasteiger partial charge is 0.368 e. The molecule has 1 amide bonds. The number of carbonyl (C=O) groups excluding carboxylic acids is 1. The lowest BCUT2D eigenvalue weighted by molar-refractivity contribution is -0.118. The average Bonchev–Trinajstić information content (AvgIpc) is 2.48. The van der Waals surface area contributed by atoms with Crippen molar-refractivity contribution in [2.45, 2.75) is 6.54 Å². The molecule has 2 N–H and O–H groups in total. The summed E-state index contributed by atoms with van der Waals surface area (Å²) < 4.78 is 1.64. The highest BCUT2D eigenvalue weighted by Gasteiger charge is 2.22. The number of fused-ring (bicyclic) bond motifs is 1. The Morgan fingerprint density at radius 2 is 2.47 bits per heavy atom. The second-order valence-electron chi connectivity index (χ2n) is 3.32. The number of amidine groups is 1. The first-order valence-corrected chi connectivity index (χ1v) is 4.74. The molecule has 1 aliphatic heterocycles. The van der Waals surface area contributed by atoms with Crippen LogP contribution in [0.15, 0.2) is 11.2 Å². The van der Waals surface area contributed by atoms with Crippen LogP contribution >= 0.6 is 11.6 Å². The van der Waals surface area contributed by atoms with Gasteiger partial charge in [-0.05, 0) is 11.6 Å².